The fraction of sp³-hybridized carbons (Fsp3) is 0.400. The lowest BCUT2D eigenvalue weighted by Crippen LogP contribution is -2.50. The fourth-order valence-corrected chi connectivity index (χ4v) is 4.04. The first kappa shape index (κ1) is 18.0. The van der Waals surface area contributed by atoms with Gasteiger partial charge in [0.2, 0.25) is 5.91 Å². The van der Waals surface area contributed by atoms with Gasteiger partial charge in [-0.15, -0.1) is 11.5 Å². The van der Waals surface area contributed by atoms with Gasteiger partial charge in [-0.05, 0) is 24.6 Å². The summed E-state index contributed by atoms with van der Waals surface area (Å²) in [6, 6.07) is 5.24. The molecule has 8 heteroatoms. The number of ether oxygens (including phenoxy) is 1. The van der Waals surface area contributed by atoms with Gasteiger partial charge in [0.1, 0.15) is 5.75 Å². The van der Waals surface area contributed by atoms with Crippen LogP contribution in [0.5, 0.6) is 5.75 Å². The molecule has 2 bridgehead atoms. The molecular formula is C20H21N5O3. The van der Waals surface area contributed by atoms with Crippen LogP contribution in [0.1, 0.15) is 28.8 Å². The summed E-state index contributed by atoms with van der Waals surface area (Å²) in [5.74, 6) is 3.03. The number of carbonyl (C=O) groups excluding carboxylic acids is 2. The quantitative estimate of drug-likeness (QED) is 0.718. The molecule has 2 aliphatic rings. The van der Waals surface area contributed by atoms with E-state index in [-0.39, 0.29) is 23.9 Å². The molecule has 1 aromatic heterocycles. The van der Waals surface area contributed by atoms with Crippen LogP contribution in [0.25, 0.3) is 0 Å². The smallest absolute Gasteiger partial charge is 0.258 e. The largest absolute Gasteiger partial charge is 0.496 e. The molecule has 0 N–H and O–H groups in total. The van der Waals surface area contributed by atoms with E-state index in [0.29, 0.717) is 42.9 Å². The molecule has 0 aliphatic carbocycles. The van der Waals surface area contributed by atoms with Crippen molar-refractivity contribution in [3.05, 3.63) is 41.7 Å². The predicted molar refractivity (Wildman–Crippen MR) is 101 cm³/mol. The van der Waals surface area contributed by atoms with Gasteiger partial charge >= 0.3 is 0 Å². The number of likely N-dealkylation sites (tertiary alicyclic amines) is 2. The maximum Gasteiger partial charge on any atom is 0.258 e. The fourth-order valence-electron chi connectivity index (χ4n) is 4.04. The van der Waals surface area contributed by atoms with Crippen LogP contribution in [-0.4, -0.2) is 68.9 Å². The highest BCUT2D eigenvalue weighted by atomic mass is 16.5. The summed E-state index contributed by atoms with van der Waals surface area (Å²) in [5, 5.41) is 7.62. The van der Waals surface area contributed by atoms with Crippen LogP contribution in [0.15, 0.2) is 30.6 Å². The molecule has 8 nitrogen and oxygen atoms in total. The van der Waals surface area contributed by atoms with Crippen molar-refractivity contribution in [2.75, 3.05) is 20.2 Å². The lowest BCUT2D eigenvalue weighted by molar-refractivity contribution is -0.133. The summed E-state index contributed by atoms with van der Waals surface area (Å²) in [6.07, 6.45) is 9.94. The van der Waals surface area contributed by atoms with E-state index < -0.39 is 0 Å². The molecule has 28 heavy (non-hydrogen) atoms. The Hall–Kier alpha value is -3.34. The van der Waals surface area contributed by atoms with Gasteiger partial charge in [-0.3, -0.25) is 14.3 Å². The number of carbonyl (C=O) groups is 2. The summed E-state index contributed by atoms with van der Waals surface area (Å²) in [7, 11) is 1.53. The van der Waals surface area contributed by atoms with Crippen molar-refractivity contribution in [2.45, 2.75) is 31.5 Å². The van der Waals surface area contributed by atoms with Crippen LogP contribution in [0.4, 0.5) is 0 Å². The Balaban J connectivity index is 1.41. The van der Waals surface area contributed by atoms with E-state index in [1.54, 1.807) is 35.3 Å². The Morgan fingerprint density at radius 2 is 2.07 bits per heavy atom. The molecule has 2 aliphatic heterocycles. The molecule has 0 saturated carbocycles. The molecule has 3 heterocycles. The highest BCUT2D eigenvalue weighted by Crippen LogP contribution is 2.33. The van der Waals surface area contributed by atoms with Crippen LogP contribution in [0.3, 0.4) is 0 Å². The summed E-state index contributed by atoms with van der Waals surface area (Å²) in [6.45, 7) is 1.62. The number of nitrogens with zero attached hydrogens (tertiary/aromatic N) is 5. The average molecular weight is 379 g/mol. The zero-order valence-electron chi connectivity index (χ0n) is 15.6. The minimum atomic E-state index is -0.0809. The van der Waals surface area contributed by atoms with E-state index in [1.807, 2.05) is 9.80 Å². The number of amides is 2. The zero-order valence-corrected chi connectivity index (χ0v) is 15.6. The number of hydrogen-bond acceptors (Lipinski definition) is 5. The molecule has 2 amide bonds. The number of hydrogen-bond donors (Lipinski definition) is 0. The number of fused-ring (bicyclic) bond motifs is 2. The van der Waals surface area contributed by atoms with E-state index in [0.717, 1.165) is 6.42 Å². The minimum absolute atomic E-state index is 0.0323. The van der Waals surface area contributed by atoms with E-state index in [1.165, 1.54) is 7.11 Å². The number of piperazine rings is 1. The first-order chi connectivity index (χ1) is 13.6. The van der Waals surface area contributed by atoms with Crippen molar-refractivity contribution >= 4 is 11.8 Å². The Morgan fingerprint density at radius 3 is 2.71 bits per heavy atom. The Labute approximate surface area is 163 Å². The van der Waals surface area contributed by atoms with Crippen molar-refractivity contribution in [3.63, 3.8) is 0 Å². The third kappa shape index (κ3) is 3.20. The van der Waals surface area contributed by atoms with Gasteiger partial charge in [-0.2, -0.15) is 0 Å². The average Bonchev–Trinajstić information content (AvgIpc) is 3.48. The van der Waals surface area contributed by atoms with Gasteiger partial charge in [0.25, 0.3) is 5.91 Å². The van der Waals surface area contributed by atoms with E-state index in [9.17, 15) is 9.59 Å². The van der Waals surface area contributed by atoms with Crippen LogP contribution in [-0.2, 0) is 11.3 Å². The SMILES string of the molecule is C#Cc1ccc(C(=O)N2C[C@@H]3C[C@H]2CN3C(=O)CCn2ccnn2)c(OC)c1. The number of terminal acetylenes is 1. The molecule has 2 saturated heterocycles. The van der Waals surface area contributed by atoms with E-state index in [4.69, 9.17) is 11.2 Å². The van der Waals surface area contributed by atoms with Crippen LogP contribution < -0.4 is 4.74 Å². The molecule has 0 radical (unpaired) electrons. The number of aromatic nitrogens is 3. The monoisotopic (exact) mass is 379 g/mol. The number of benzene rings is 1. The second-order valence-electron chi connectivity index (χ2n) is 7.02. The molecule has 0 unspecified atom stereocenters. The predicted octanol–water partition coefficient (Wildman–Crippen LogP) is 0.784. The maximum absolute atomic E-state index is 13.0. The van der Waals surface area contributed by atoms with Gasteiger partial charge in [-0.1, -0.05) is 11.1 Å². The highest BCUT2D eigenvalue weighted by Gasteiger charge is 2.47. The Kier molecular flexibility index (Phi) is 4.74. The lowest BCUT2D eigenvalue weighted by Gasteiger charge is -2.34. The van der Waals surface area contributed by atoms with Crippen molar-refractivity contribution in [3.8, 4) is 18.1 Å². The van der Waals surface area contributed by atoms with Crippen LogP contribution >= 0.6 is 0 Å². The number of methoxy groups -OCH3 is 1. The van der Waals surface area contributed by atoms with Gasteiger partial charge < -0.3 is 14.5 Å². The second-order valence-corrected chi connectivity index (χ2v) is 7.02. The normalized spacial score (nSPS) is 20.3. The summed E-state index contributed by atoms with van der Waals surface area (Å²) in [4.78, 5) is 29.4. The Bertz CT molecular complexity index is 934. The highest BCUT2D eigenvalue weighted by molar-refractivity contribution is 5.98. The van der Waals surface area contributed by atoms with Gasteiger partial charge in [0, 0.05) is 31.3 Å². The third-order valence-electron chi connectivity index (χ3n) is 5.45. The van der Waals surface area contributed by atoms with Gasteiger partial charge in [0.15, 0.2) is 0 Å². The number of aryl methyl sites for hydroxylation is 1. The summed E-state index contributed by atoms with van der Waals surface area (Å²) in [5.41, 5.74) is 1.17. The summed E-state index contributed by atoms with van der Waals surface area (Å²) < 4.78 is 7.00. The molecule has 4 rings (SSSR count). The standard InChI is InChI=1S/C20H21N5O3/c1-3-14-4-5-17(18(10-14)28-2)20(27)25-13-15-11-16(25)12-24(15)19(26)6-8-23-9-7-21-22-23/h1,4-5,7,9-10,15-16H,6,8,11-13H2,2H3/t15-,16-/m0/s1. The van der Waals surface area contributed by atoms with Crippen molar-refractivity contribution in [1.82, 2.24) is 24.8 Å². The molecule has 2 fully saturated rings. The van der Waals surface area contributed by atoms with Gasteiger partial charge in [0.05, 0.1) is 37.5 Å². The first-order valence-corrected chi connectivity index (χ1v) is 9.20. The van der Waals surface area contributed by atoms with Gasteiger partial charge in [-0.25, -0.2) is 0 Å². The number of rotatable bonds is 5. The molecule has 1 aromatic carbocycles. The lowest BCUT2D eigenvalue weighted by atomic mass is 10.1. The van der Waals surface area contributed by atoms with Crippen molar-refractivity contribution in [2.24, 2.45) is 0 Å². The second kappa shape index (κ2) is 7.35. The van der Waals surface area contributed by atoms with Crippen LogP contribution in [0.2, 0.25) is 0 Å². The minimum Gasteiger partial charge on any atom is -0.496 e. The summed E-state index contributed by atoms with van der Waals surface area (Å²) >= 11 is 0. The zero-order chi connectivity index (χ0) is 19.7. The third-order valence-corrected chi connectivity index (χ3v) is 5.45. The van der Waals surface area contributed by atoms with E-state index >= 15 is 0 Å². The van der Waals surface area contributed by atoms with Crippen molar-refractivity contribution in [1.29, 1.82) is 0 Å². The van der Waals surface area contributed by atoms with E-state index in [2.05, 4.69) is 16.2 Å². The first-order valence-electron chi connectivity index (χ1n) is 9.20. The molecule has 2 atom stereocenters. The maximum atomic E-state index is 13.0. The van der Waals surface area contributed by atoms with Crippen molar-refractivity contribution < 1.29 is 14.3 Å². The Morgan fingerprint density at radius 1 is 1.29 bits per heavy atom. The molecule has 144 valence electrons. The van der Waals surface area contributed by atoms with Crippen LogP contribution in [0, 0.1) is 12.3 Å². The molecule has 2 aromatic rings. The molecule has 0 spiro atoms. The topological polar surface area (TPSA) is 80.6 Å². The molecular weight excluding hydrogens is 358 g/mol.